The number of ether oxygens (including phenoxy) is 1. The Balaban J connectivity index is 1.77. The monoisotopic (exact) mass is 509 g/mol. The van der Waals surface area contributed by atoms with Gasteiger partial charge in [0.2, 0.25) is 26.0 Å². The molecule has 9 nitrogen and oxygen atoms in total. The van der Waals surface area contributed by atoms with Gasteiger partial charge >= 0.3 is 0 Å². The molecule has 34 heavy (non-hydrogen) atoms. The second-order valence-electron chi connectivity index (χ2n) is 8.43. The zero-order chi connectivity index (χ0) is 25.1. The normalized spacial score (nSPS) is 16.1. The Kier molecular flexibility index (Phi) is 8.02. The molecule has 3 rings (SSSR count). The van der Waals surface area contributed by atoms with E-state index in [-0.39, 0.29) is 29.7 Å². The van der Waals surface area contributed by atoms with Crippen molar-refractivity contribution in [2.75, 3.05) is 43.4 Å². The number of anilines is 1. The fourth-order valence-corrected chi connectivity index (χ4v) is 6.11. The molecule has 0 aliphatic carbocycles. The lowest BCUT2D eigenvalue weighted by Gasteiger charge is -2.27. The molecule has 1 N–H and O–H groups in total. The van der Waals surface area contributed by atoms with Crippen molar-refractivity contribution in [3.8, 4) is 0 Å². The van der Waals surface area contributed by atoms with E-state index >= 15 is 0 Å². The van der Waals surface area contributed by atoms with Gasteiger partial charge in [-0.25, -0.2) is 16.8 Å². The quantitative estimate of drug-likeness (QED) is 0.582. The van der Waals surface area contributed by atoms with E-state index in [9.17, 15) is 21.6 Å². The van der Waals surface area contributed by atoms with E-state index in [1.165, 1.54) is 28.6 Å². The highest BCUT2D eigenvalue weighted by Crippen LogP contribution is 2.24. The smallest absolute Gasteiger partial charge is 0.243 e. The minimum atomic E-state index is -3.80. The van der Waals surface area contributed by atoms with Crippen molar-refractivity contribution in [2.24, 2.45) is 0 Å². The van der Waals surface area contributed by atoms with E-state index in [1.54, 1.807) is 0 Å². The molecular weight excluding hydrogens is 478 g/mol. The Labute approximate surface area is 201 Å². The van der Waals surface area contributed by atoms with Crippen molar-refractivity contribution in [2.45, 2.75) is 31.7 Å². The van der Waals surface area contributed by atoms with Gasteiger partial charge in [-0.15, -0.1) is 0 Å². The molecule has 2 aromatic rings. The standard InChI is InChI=1S/C23H31N3O6S2/c1-17-5-6-18(2)22(15-17)19(3)24-23(27)16-26(33(4,28)29)20-7-9-21(10-8-20)34(30,31)25-11-13-32-14-12-25/h5-10,15,19H,11-14,16H2,1-4H3,(H,24,27). The average molecular weight is 510 g/mol. The van der Waals surface area contributed by atoms with Crippen molar-refractivity contribution in [3.05, 3.63) is 59.2 Å². The Bertz CT molecular complexity index is 1240. The zero-order valence-corrected chi connectivity index (χ0v) is 21.4. The molecule has 1 aliphatic rings. The van der Waals surface area contributed by atoms with Gasteiger partial charge in [0.15, 0.2) is 0 Å². The van der Waals surface area contributed by atoms with Gasteiger partial charge in [-0.2, -0.15) is 4.31 Å². The molecule has 1 heterocycles. The third kappa shape index (κ3) is 6.15. The minimum Gasteiger partial charge on any atom is -0.379 e. The lowest BCUT2D eigenvalue weighted by atomic mass is 10.00. The van der Waals surface area contributed by atoms with Gasteiger partial charge < -0.3 is 10.1 Å². The van der Waals surface area contributed by atoms with Gasteiger partial charge in [-0.3, -0.25) is 9.10 Å². The molecule has 1 unspecified atom stereocenters. The maximum Gasteiger partial charge on any atom is 0.243 e. The number of hydrogen-bond acceptors (Lipinski definition) is 6. The van der Waals surface area contributed by atoms with Crippen LogP contribution >= 0.6 is 0 Å². The molecule has 0 bridgehead atoms. The molecule has 1 atom stereocenters. The molecule has 186 valence electrons. The minimum absolute atomic E-state index is 0.0552. The van der Waals surface area contributed by atoms with Crippen LogP contribution in [0, 0.1) is 13.8 Å². The predicted molar refractivity (Wildman–Crippen MR) is 131 cm³/mol. The number of nitrogens with one attached hydrogen (secondary N) is 1. The summed E-state index contributed by atoms with van der Waals surface area (Å²) in [6, 6.07) is 11.2. The van der Waals surface area contributed by atoms with Crippen LogP contribution in [-0.2, 0) is 29.6 Å². The fourth-order valence-electron chi connectivity index (χ4n) is 3.84. The number of amides is 1. The van der Waals surface area contributed by atoms with E-state index in [0.717, 1.165) is 27.3 Å². The van der Waals surface area contributed by atoms with E-state index in [0.29, 0.717) is 13.2 Å². The van der Waals surface area contributed by atoms with Crippen molar-refractivity contribution < 1.29 is 26.4 Å². The van der Waals surface area contributed by atoms with Gasteiger partial charge in [0.25, 0.3) is 0 Å². The highest BCUT2D eigenvalue weighted by molar-refractivity contribution is 7.92. The molecule has 1 saturated heterocycles. The number of hydrogen-bond donors (Lipinski definition) is 1. The molecular formula is C23H31N3O6S2. The maximum atomic E-state index is 12.8. The van der Waals surface area contributed by atoms with Gasteiger partial charge in [-0.05, 0) is 56.2 Å². The third-order valence-electron chi connectivity index (χ3n) is 5.70. The Morgan fingerprint density at radius 3 is 2.26 bits per heavy atom. The summed E-state index contributed by atoms with van der Waals surface area (Å²) in [5.41, 5.74) is 3.25. The molecule has 11 heteroatoms. The first-order chi connectivity index (χ1) is 15.9. The van der Waals surface area contributed by atoms with Gasteiger partial charge in [0.1, 0.15) is 6.54 Å². The first-order valence-electron chi connectivity index (χ1n) is 10.9. The van der Waals surface area contributed by atoms with Crippen LogP contribution in [0.15, 0.2) is 47.4 Å². The first-order valence-corrected chi connectivity index (χ1v) is 14.2. The summed E-state index contributed by atoms with van der Waals surface area (Å²) in [7, 11) is -7.51. The number of sulfonamides is 2. The van der Waals surface area contributed by atoms with Gasteiger partial charge in [-0.1, -0.05) is 23.8 Å². The highest BCUT2D eigenvalue weighted by Gasteiger charge is 2.27. The topological polar surface area (TPSA) is 113 Å². The van der Waals surface area contributed by atoms with Crippen molar-refractivity contribution >= 4 is 31.6 Å². The largest absolute Gasteiger partial charge is 0.379 e. The molecule has 1 aliphatic heterocycles. The summed E-state index contributed by atoms with van der Waals surface area (Å²) in [4.78, 5) is 12.8. The van der Waals surface area contributed by atoms with Crippen LogP contribution in [0.2, 0.25) is 0 Å². The number of carbonyl (C=O) groups excluding carboxylic acids is 1. The summed E-state index contributed by atoms with van der Waals surface area (Å²) in [6.07, 6.45) is 1.01. The van der Waals surface area contributed by atoms with Gasteiger partial charge in [0.05, 0.1) is 36.1 Å². The van der Waals surface area contributed by atoms with E-state index in [4.69, 9.17) is 4.74 Å². The summed E-state index contributed by atoms with van der Waals surface area (Å²) < 4.78 is 58.1. The van der Waals surface area contributed by atoms with Crippen LogP contribution in [0.1, 0.15) is 29.7 Å². The molecule has 0 saturated carbocycles. The number of aryl methyl sites for hydroxylation is 2. The Morgan fingerprint density at radius 1 is 1.06 bits per heavy atom. The number of carbonyl (C=O) groups is 1. The van der Waals surface area contributed by atoms with Crippen LogP contribution in [-0.4, -0.2) is 66.2 Å². The summed E-state index contributed by atoms with van der Waals surface area (Å²) in [5.74, 6) is -0.469. The van der Waals surface area contributed by atoms with Gasteiger partial charge in [0, 0.05) is 13.1 Å². The average Bonchev–Trinajstić information content (AvgIpc) is 2.79. The lowest BCUT2D eigenvalue weighted by molar-refractivity contribution is -0.120. The Hall–Kier alpha value is -2.47. The van der Waals surface area contributed by atoms with Crippen molar-refractivity contribution in [3.63, 3.8) is 0 Å². The molecule has 1 amide bonds. The highest BCUT2D eigenvalue weighted by atomic mass is 32.2. The first kappa shape index (κ1) is 26.1. The number of nitrogens with zero attached hydrogens (tertiary/aromatic N) is 2. The summed E-state index contributed by atoms with van der Waals surface area (Å²) in [6.45, 7) is 6.51. The van der Waals surface area contributed by atoms with Crippen molar-refractivity contribution in [1.82, 2.24) is 9.62 Å². The van der Waals surface area contributed by atoms with E-state index < -0.39 is 32.5 Å². The number of rotatable bonds is 8. The second-order valence-corrected chi connectivity index (χ2v) is 12.3. The third-order valence-corrected chi connectivity index (χ3v) is 8.75. The fraction of sp³-hybridized carbons (Fsp3) is 0.435. The molecule has 0 spiro atoms. The van der Waals surface area contributed by atoms with Crippen LogP contribution < -0.4 is 9.62 Å². The van der Waals surface area contributed by atoms with E-state index in [2.05, 4.69) is 5.32 Å². The molecule has 1 fully saturated rings. The number of morpholine rings is 1. The molecule has 0 aromatic heterocycles. The lowest BCUT2D eigenvalue weighted by Crippen LogP contribution is -2.41. The summed E-state index contributed by atoms with van der Waals surface area (Å²) >= 11 is 0. The molecule has 0 radical (unpaired) electrons. The maximum absolute atomic E-state index is 12.8. The van der Waals surface area contributed by atoms with Crippen LogP contribution in [0.5, 0.6) is 0 Å². The van der Waals surface area contributed by atoms with Crippen LogP contribution in [0.25, 0.3) is 0 Å². The molecule has 2 aromatic carbocycles. The van der Waals surface area contributed by atoms with Crippen LogP contribution in [0.4, 0.5) is 5.69 Å². The van der Waals surface area contributed by atoms with E-state index in [1.807, 2.05) is 39.0 Å². The number of benzene rings is 2. The SMILES string of the molecule is Cc1ccc(C)c(C(C)NC(=O)CN(c2ccc(S(=O)(=O)N3CCOCC3)cc2)S(C)(=O)=O)c1. The second kappa shape index (κ2) is 10.4. The summed E-state index contributed by atoms with van der Waals surface area (Å²) in [5, 5.41) is 2.86. The van der Waals surface area contributed by atoms with Crippen LogP contribution in [0.3, 0.4) is 0 Å². The zero-order valence-electron chi connectivity index (χ0n) is 19.8. The Morgan fingerprint density at radius 2 is 1.68 bits per heavy atom. The van der Waals surface area contributed by atoms with Crippen molar-refractivity contribution in [1.29, 1.82) is 0 Å². The predicted octanol–water partition coefficient (Wildman–Crippen LogP) is 1.97.